The Morgan fingerprint density at radius 1 is 1.40 bits per heavy atom. The van der Waals surface area contributed by atoms with Crippen LogP contribution < -0.4 is 11.1 Å². The van der Waals surface area contributed by atoms with Crippen LogP contribution in [-0.4, -0.2) is 15.7 Å². The lowest BCUT2D eigenvalue weighted by atomic mass is 10.1. The smallest absolute Gasteiger partial charge is 0.276 e. The molecule has 0 saturated heterocycles. The van der Waals surface area contributed by atoms with Gasteiger partial charge in [-0.3, -0.25) is 9.48 Å². The van der Waals surface area contributed by atoms with Crippen LogP contribution in [0.4, 0.5) is 11.4 Å². The highest BCUT2D eigenvalue weighted by Crippen LogP contribution is 2.25. The Morgan fingerprint density at radius 2 is 2.20 bits per heavy atom. The van der Waals surface area contributed by atoms with Gasteiger partial charge in [0.1, 0.15) is 5.69 Å². The maximum atomic E-state index is 12.3. The van der Waals surface area contributed by atoms with E-state index in [2.05, 4.69) is 22.5 Å². The second-order valence-corrected chi connectivity index (χ2v) is 5.06. The summed E-state index contributed by atoms with van der Waals surface area (Å²) in [6.45, 7) is 2.54. The molecule has 1 heterocycles. The molecule has 1 aromatic carbocycles. The highest BCUT2D eigenvalue weighted by Gasteiger charge is 2.17. The second-order valence-electron chi connectivity index (χ2n) is 5.06. The summed E-state index contributed by atoms with van der Waals surface area (Å²) in [5, 5.41) is 7.00. The van der Waals surface area contributed by atoms with Gasteiger partial charge in [0.05, 0.1) is 11.9 Å². The number of hydrogen-bond donors (Lipinski definition) is 2. The largest absolute Gasteiger partial charge is 0.396 e. The molecule has 5 heteroatoms. The first-order valence-electron chi connectivity index (χ1n) is 6.93. The van der Waals surface area contributed by atoms with Gasteiger partial charge >= 0.3 is 0 Å². The van der Waals surface area contributed by atoms with Crippen molar-refractivity contribution in [3.05, 3.63) is 41.2 Å². The number of nitrogen functional groups attached to an aromatic ring is 1. The number of benzene rings is 1. The quantitative estimate of drug-likeness (QED) is 0.898. The molecule has 20 heavy (non-hydrogen) atoms. The minimum Gasteiger partial charge on any atom is -0.396 e. The highest BCUT2D eigenvalue weighted by molar-refractivity contribution is 6.06. The molecule has 0 bridgehead atoms. The van der Waals surface area contributed by atoms with Crippen molar-refractivity contribution in [3.63, 3.8) is 0 Å². The number of rotatable bonds is 3. The van der Waals surface area contributed by atoms with E-state index in [-0.39, 0.29) is 5.91 Å². The molecule has 5 nitrogen and oxygen atoms in total. The van der Waals surface area contributed by atoms with Gasteiger partial charge in [-0.15, -0.1) is 0 Å². The summed E-state index contributed by atoms with van der Waals surface area (Å²) in [6.07, 6.45) is 4.94. The first kappa shape index (κ1) is 12.7. The number of anilines is 2. The van der Waals surface area contributed by atoms with Crippen LogP contribution in [-0.2, 0) is 19.4 Å². The summed E-state index contributed by atoms with van der Waals surface area (Å²) >= 11 is 0. The van der Waals surface area contributed by atoms with Crippen molar-refractivity contribution in [1.82, 2.24) is 9.78 Å². The van der Waals surface area contributed by atoms with Crippen LogP contribution in [0.3, 0.4) is 0 Å². The summed E-state index contributed by atoms with van der Waals surface area (Å²) in [7, 11) is 0. The minimum absolute atomic E-state index is 0.209. The molecule has 3 N–H and O–H groups in total. The number of hydrogen-bond acceptors (Lipinski definition) is 3. The van der Waals surface area contributed by atoms with Gasteiger partial charge in [0.15, 0.2) is 0 Å². The molecule has 1 amide bonds. The molecule has 1 aliphatic rings. The molecule has 1 aromatic heterocycles. The van der Waals surface area contributed by atoms with Gasteiger partial charge in [0.2, 0.25) is 0 Å². The van der Waals surface area contributed by atoms with Gasteiger partial charge in [-0.05, 0) is 49.4 Å². The summed E-state index contributed by atoms with van der Waals surface area (Å²) in [5.74, 6) is -0.209. The van der Waals surface area contributed by atoms with Crippen LogP contribution in [0.5, 0.6) is 0 Å². The predicted molar refractivity (Wildman–Crippen MR) is 78.7 cm³/mol. The van der Waals surface area contributed by atoms with Crippen LogP contribution in [0.15, 0.2) is 24.4 Å². The van der Waals surface area contributed by atoms with E-state index in [0.717, 1.165) is 18.5 Å². The zero-order chi connectivity index (χ0) is 14.1. The van der Waals surface area contributed by atoms with E-state index in [1.165, 1.54) is 23.7 Å². The lowest BCUT2D eigenvalue weighted by Crippen LogP contribution is -2.18. The number of nitrogens with two attached hydrogens (primary N) is 1. The lowest BCUT2D eigenvalue weighted by Gasteiger charge is -2.09. The summed E-state index contributed by atoms with van der Waals surface area (Å²) in [5.41, 5.74) is 10.2. The van der Waals surface area contributed by atoms with Gasteiger partial charge in [0.25, 0.3) is 5.91 Å². The number of aromatic nitrogens is 2. The van der Waals surface area contributed by atoms with Crippen LogP contribution in [0.25, 0.3) is 0 Å². The van der Waals surface area contributed by atoms with E-state index in [0.29, 0.717) is 17.9 Å². The zero-order valence-corrected chi connectivity index (χ0v) is 11.5. The number of aryl methyl sites for hydroxylation is 3. The molecule has 104 valence electrons. The fourth-order valence-electron chi connectivity index (χ4n) is 2.73. The SMILES string of the molecule is CCn1ncc(N)c1C(=O)Nc1ccc2c(c1)CCC2. The maximum Gasteiger partial charge on any atom is 0.276 e. The minimum atomic E-state index is -0.209. The number of amides is 1. The number of carbonyl (C=O) groups is 1. The molecule has 0 fully saturated rings. The Labute approximate surface area is 117 Å². The van der Waals surface area contributed by atoms with E-state index in [1.807, 2.05) is 13.0 Å². The van der Waals surface area contributed by atoms with E-state index < -0.39 is 0 Å². The molecule has 1 aliphatic carbocycles. The molecule has 0 spiro atoms. The first-order valence-corrected chi connectivity index (χ1v) is 6.93. The number of nitrogens with zero attached hydrogens (tertiary/aromatic N) is 2. The third-order valence-electron chi connectivity index (χ3n) is 3.74. The Hall–Kier alpha value is -2.30. The first-order chi connectivity index (χ1) is 9.69. The third-order valence-corrected chi connectivity index (χ3v) is 3.74. The third kappa shape index (κ3) is 2.15. The fourth-order valence-corrected chi connectivity index (χ4v) is 2.73. The van der Waals surface area contributed by atoms with Crippen molar-refractivity contribution in [2.24, 2.45) is 0 Å². The van der Waals surface area contributed by atoms with E-state index in [1.54, 1.807) is 4.68 Å². The molecule has 0 atom stereocenters. The van der Waals surface area contributed by atoms with Crippen LogP contribution in [0, 0.1) is 0 Å². The molecule has 0 unspecified atom stereocenters. The standard InChI is InChI=1S/C15H18N4O/c1-2-19-14(13(16)9-17-19)15(20)18-12-7-6-10-4-3-5-11(10)8-12/h6-9H,2-5,16H2,1H3,(H,18,20). The average Bonchev–Trinajstić information content (AvgIpc) is 3.04. The molecule has 0 saturated carbocycles. The molecular formula is C15H18N4O. The fraction of sp³-hybridized carbons (Fsp3) is 0.333. The van der Waals surface area contributed by atoms with Crippen LogP contribution in [0.1, 0.15) is 35.0 Å². The zero-order valence-electron chi connectivity index (χ0n) is 11.5. The van der Waals surface area contributed by atoms with Crippen molar-refractivity contribution in [2.45, 2.75) is 32.7 Å². The van der Waals surface area contributed by atoms with Crippen molar-refractivity contribution in [2.75, 3.05) is 11.1 Å². The molecule has 2 aromatic rings. The lowest BCUT2D eigenvalue weighted by molar-refractivity contribution is 0.101. The monoisotopic (exact) mass is 270 g/mol. The van der Waals surface area contributed by atoms with Gasteiger partial charge in [0, 0.05) is 12.2 Å². The Bertz CT molecular complexity index is 660. The predicted octanol–water partition coefficient (Wildman–Crippen LogP) is 2.23. The van der Waals surface area contributed by atoms with Crippen molar-refractivity contribution < 1.29 is 4.79 Å². The summed E-state index contributed by atoms with van der Waals surface area (Å²) in [4.78, 5) is 12.3. The average molecular weight is 270 g/mol. The highest BCUT2D eigenvalue weighted by atomic mass is 16.2. The van der Waals surface area contributed by atoms with Crippen LogP contribution in [0.2, 0.25) is 0 Å². The van der Waals surface area contributed by atoms with E-state index >= 15 is 0 Å². The Morgan fingerprint density at radius 3 is 3.00 bits per heavy atom. The van der Waals surface area contributed by atoms with Crippen molar-refractivity contribution in [3.8, 4) is 0 Å². The maximum absolute atomic E-state index is 12.3. The molecule has 0 radical (unpaired) electrons. The molecule has 0 aliphatic heterocycles. The Balaban J connectivity index is 1.84. The van der Waals surface area contributed by atoms with E-state index in [4.69, 9.17) is 5.73 Å². The number of nitrogens with one attached hydrogen (secondary N) is 1. The van der Waals surface area contributed by atoms with Crippen LogP contribution >= 0.6 is 0 Å². The summed E-state index contributed by atoms with van der Waals surface area (Å²) in [6, 6.07) is 6.10. The normalized spacial score (nSPS) is 13.2. The summed E-state index contributed by atoms with van der Waals surface area (Å²) < 4.78 is 1.61. The van der Waals surface area contributed by atoms with Gasteiger partial charge in [-0.25, -0.2) is 0 Å². The van der Waals surface area contributed by atoms with Gasteiger partial charge in [-0.2, -0.15) is 5.10 Å². The van der Waals surface area contributed by atoms with Gasteiger partial charge < -0.3 is 11.1 Å². The Kier molecular flexibility index (Phi) is 3.18. The van der Waals surface area contributed by atoms with Gasteiger partial charge in [-0.1, -0.05) is 6.07 Å². The van der Waals surface area contributed by atoms with Crippen molar-refractivity contribution in [1.29, 1.82) is 0 Å². The van der Waals surface area contributed by atoms with E-state index in [9.17, 15) is 4.79 Å². The number of fused-ring (bicyclic) bond motifs is 1. The second kappa shape index (κ2) is 5.00. The van der Waals surface area contributed by atoms with Crippen molar-refractivity contribution >= 4 is 17.3 Å². The number of carbonyl (C=O) groups excluding carboxylic acids is 1. The molecule has 3 rings (SSSR count). The molecular weight excluding hydrogens is 252 g/mol. The topological polar surface area (TPSA) is 72.9 Å².